The summed E-state index contributed by atoms with van der Waals surface area (Å²) in [5.41, 5.74) is 1.52. The van der Waals surface area contributed by atoms with Gasteiger partial charge in [-0.25, -0.2) is 19.4 Å². The number of rotatable bonds is 3. The van der Waals surface area contributed by atoms with Crippen LogP contribution in [0.3, 0.4) is 0 Å². The van der Waals surface area contributed by atoms with E-state index in [1.165, 1.54) is 6.33 Å². The zero-order valence-electron chi connectivity index (χ0n) is 11.7. The van der Waals surface area contributed by atoms with E-state index in [0.29, 0.717) is 21.5 Å². The van der Waals surface area contributed by atoms with Crippen LogP contribution in [0.5, 0.6) is 0 Å². The molecule has 3 aromatic rings. The highest BCUT2D eigenvalue weighted by Gasteiger charge is 2.15. The van der Waals surface area contributed by atoms with Crippen molar-refractivity contribution in [2.24, 2.45) is 7.05 Å². The van der Waals surface area contributed by atoms with Gasteiger partial charge < -0.3 is 4.74 Å². The first-order chi connectivity index (χ1) is 10.6. The number of benzene rings is 1. The van der Waals surface area contributed by atoms with E-state index < -0.39 is 6.09 Å². The van der Waals surface area contributed by atoms with Crippen molar-refractivity contribution in [2.45, 2.75) is 6.61 Å². The molecule has 7 nitrogen and oxygen atoms in total. The van der Waals surface area contributed by atoms with E-state index in [-0.39, 0.29) is 6.61 Å². The first-order valence-electron chi connectivity index (χ1n) is 6.46. The van der Waals surface area contributed by atoms with Crippen molar-refractivity contribution in [2.75, 3.05) is 5.32 Å². The second-order valence-corrected chi connectivity index (χ2v) is 5.27. The molecule has 0 aliphatic carbocycles. The molecule has 8 heteroatoms. The normalized spacial score (nSPS) is 10.6. The van der Waals surface area contributed by atoms with Crippen LogP contribution >= 0.6 is 15.9 Å². The lowest BCUT2D eigenvalue weighted by molar-refractivity contribution is 0.155. The van der Waals surface area contributed by atoms with Crippen LogP contribution in [0.15, 0.2) is 41.3 Å². The molecule has 0 aliphatic heterocycles. The molecule has 0 radical (unpaired) electrons. The molecule has 0 atom stereocenters. The molecule has 0 spiro atoms. The van der Waals surface area contributed by atoms with Crippen LogP contribution < -0.4 is 5.32 Å². The van der Waals surface area contributed by atoms with E-state index in [2.05, 4.69) is 36.3 Å². The summed E-state index contributed by atoms with van der Waals surface area (Å²) in [6, 6.07) is 9.44. The van der Waals surface area contributed by atoms with Gasteiger partial charge in [-0.2, -0.15) is 5.10 Å². The van der Waals surface area contributed by atoms with Crippen molar-refractivity contribution in [3.05, 3.63) is 46.8 Å². The smallest absolute Gasteiger partial charge is 0.413 e. The third kappa shape index (κ3) is 2.91. The first-order valence-corrected chi connectivity index (χ1v) is 7.25. The molecular weight excluding hydrogens is 350 g/mol. The van der Waals surface area contributed by atoms with Crippen LogP contribution in [0.2, 0.25) is 0 Å². The second-order valence-electron chi connectivity index (χ2n) is 4.52. The summed E-state index contributed by atoms with van der Waals surface area (Å²) < 4.78 is 7.33. The van der Waals surface area contributed by atoms with Gasteiger partial charge in [-0.05, 0) is 21.5 Å². The average Bonchev–Trinajstić information content (AvgIpc) is 2.82. The van der Waals surface area contributed by atoms with Gasteiger partial charge in [0.25, 0.3) is 0 Å². The van der Waals surface area contributed by atoms with Crippen molar-refractivity contribution in [1.29, 1.82) is 0 Å². The van der Waals surface area contributed by atoms with E-state index in [1.54, 1.807) is 11.7 Å². The van der Waals surface area contributed by atoms with Crippen molar-refractivity contribution in [3.63, 3.8) is 0 Å². The van der Waals surface area contributed by atoms with Crippen molar-refractivity contribution >= 4 is 38.9 Å². The van der Waals surface area contributed by atoms with E-state index in [4.69, 9.17) is 4.74 Å². The molecular formula is C14H12BrN5O2. The number of aromatic nitrogens is 4. The highest BCUT2D eigenvalue weighted by atomic mass is 79.9. The van der Waals surface area contributed by atoms with Gasteiger partial charge >= 0.3 is 6.09 Å². The van der Waals surface area contributed by atoms with Crippen LogP contribution in [0, 0.1) is 0 Å². The van der Waals surface area contributed by atoms with Gasteiger partial charge in [-0.1, -0.05) is 30.3 Å². The summed E-state index contributed by atoms with van der Waals surface area (Å²) in [6.45, 7) is 0.190. The fourth-order valence-electron chi connectivity index (χ4n) is 1.99. The number of aryl methyl sites for hydroxylation is 1. The molecule has 0 aliphatic rings. The van der Waals surface area contributed by atoms with E-state index in [1.807, 2.05) is 30.3 Å². The standard InChI is InChI=1S/C14H12BrN5O2/c1-20-13-10(11(15)19-20)12(16-8-17-13)18-14(21)22-7-9-5-3-2-4-6-9/h2-6,8H,7H2,1H3,(H,16,17,18,21). The SMILES string of the molecule is Cn1nc(Br)c2c(NC(=O)OCc3ccccc3)ncnc21. The van der Waals surface area contributed by atoms with Gasteiger partial charge in [0.1, 0.15) is 17.5 Å². The molecule has 0 bridgehead atoms. The van der Waals surface area contributed by atoms with Crippen LogP contribution in [0.4, 0.5) is 10.6 Å². The lowest BCUT2D eigenvalue weighted by Crippen LogP contribution is -2.15. The summed E-state index contributed by atoms with van der Waals surface area (Å²) in [5.74, 6) is 0.350. The molecule has 112 valence electrons. The molecule has 0 fully saturated rings. The zero-order valence-corrected chi connectivity index (χ0v) is 13.2. The Morgan fingerprint density at radius 2 is 2.09 bits per heavy atom. The monoisotopic (exact) mass is 361 g/mol. The molecule has 2 aromatic heterocycles. The number of amides is 1. The maximum absolute atomic E-state index is 11.9. The van der Waals surface area contributed by atoms with Gasteiger partial charge in [0.2, 0.25) is 0 Å². The summed E-state index contributed by atoms with van der Waals surface area (Å²) in [5, 5.41) is 7.43. The molecule has 22 heavy (non-hydrogen) atoms. The Labute approximate surface area is 134 Å². The number of nitrogens with zero attached hydrogens (tertiary/aromatic N) is 4. The Hall–Kier alpha value is -2.48. The number of halogens is 1. The van der Waals surface area contributed by atoms with Gasteiger partial charge in [0.05, 0.1) is 5.39 Å². The lowest BCUT2D eigenvalue weighted by atomic mass is 10.2. The van der Waals surface area contributed by atoms with Crippen molar-refractivity contribution in [1.82, 2.24) is 19.7 Å². The number of fused-ring (bicyclic) bond motifs is 1. The number of ether oxygens (including phenoxy) is 1. The van der Waals surface area contributed by atoms with Crippen LogP contribution in [-0.4, -0.2) is 25.8 Å². The van der Waals surface area contributed by atoms with E-state index in [0.717, 1.165) is 5.56 Å². The quantitative estimate of drug-likeness (QED) is 0.775. The maximum atomic E-state index is 11.9. The van der Waals surface area contributed by atoms with E-state index in [9.17, 15) is 4.79 Å². The number of hydrogen-bond donors (Lipinski definition) is 1. The zero-order chi connectivity index (χ0) is 15.5. The van der Waals surface area contributed by atoms with Gasteiger partial charge in [0.15, 0.2) is 11.5 Å². The molecule has 1 amide bonds. The summed E-state index contributed by atoms with van der Waals surface area (Å²) in [6.07, 6.45) is 0.781. The van der Waals surface area contributed by atoms with Gasteiger partial charge in [-0.15, -0.1) is 0 Å². The minimum Gasteiger partial charge on any atom is -0.444 e. The van der Waals surface area contributed by atoms with Crippen LogP contribution in [0.25, 0.3) is 11.0 Å². The predicted molar refractivity (Wildman–Crippen MR) is 84.3 cm³/mol. The summed E-state index contributed by atoms with van der Waals surface area (Å²) in [4.78, 5) is 20.1. The number of carbonyl (C=O) groups is 1. The molecule has 0 saturated carbocycles. The molecule has 1 aromatic carbocycles. The first kappa shape index (κ1) is 14.5. The fraction of sp³-hybridized carbons (Fsp3) is 0.143. The van der Waals surface area contributed by atoms with Gasteiger partial charge in [0, 0.05) is 7.05 Å². The molecule has 0 unspecified atom stereocenters. The maximum Gasteiger partial charge on any atom is 0.413 e. The molecule has 0 saturated heterocycles. The highest BCUT2D eigenvalue weighted by molar-refractivity contribution is 9.10. The second kappa shape index (κ2) is 6.10. The molecule has 1 N–H and O–H groups in total. The number of hydrogen-bond acceptors (Lipinski definition) is 5. The minimum atomic E-state index is -0.584. The van der Waals surface area contributed by atoms with Crippen molar-refractivity contribution in [3.8, 4) is 0 Å². The summed E-state index contributed by atoms with van der Waals surface area (Å²) >= 11 is 3.33. The Kier molecular flexibility index (Phi) is 4.01. The molecule has 3 rings (SSSR count). The fourth-order valence-corrected chi connectivity index (χ4v) is 2.59. The minimum absolute atomic E-state index is 0.190. The number of nitrogens with one attached hydrogen (secondary N) is 1. The Morgan fingerprint density at radius 1 is 1.32 bits per heavy atom. The summed E-state index contributed by atoms with van der Waals surface area (Å²) in [7, 11) is 1.76. The van der Waals surface area contributed by atoms with Gasteiger partial charge in [-0.3, -0.25) is 5.32 Å². The average molecular weight is 362 g/mol. The third-order valence-electron chi connectivity index (χ3n) is 3.01. The number of anilines is 1. The Balaban J connectivity index is 1.74. The Morgan fingerprint density at radius 3 is 2.86 bits per heavy atom. The van der Waals surface area contributed by atoms with E-state index >= 15 is 0 Å². The van der Waals surface area contributed by atoms with Crippen LogP contribution in [0.1, 0.15) is 5.56 Å². The Bertz CT molecular complexity index is 819. The van der Waals surface area contributed by atoms with Crippen LogP contribution in [-0.2, 0) is 18.4 Å². The van der Waals surface area contributed by atoms with Crippen molar-refractivity contribution < 1.29 is 9.53 Å². The topological polar surface area (TPSA) is 81.9 Å². The lowest BCUT2D eigenvalue weighted by Gasteiger charge is -2.07. The third-order valence-corrected chi connectivity index (χ3v) is 3.57. The highest BCUT2D eigenvalue weighted by Crippen LogP contribution is 2.26. The largest absolute Gasteiger partial charge is 0.444 e. The molecule has 2 heterocycles. The number of carbonyl (C=O) groups excluding carboxylic acids is 1. The predicted octanol–water partition coefficient (Wildman–Crippen LogP) is 2.87.